The van der Waals surface area contributed by atoms with Crippen LogP contribution in [0.5, 0.6) is 5.75 Å². The van der Waals surface area contributed by atoms with Crippen LogP contribution in [0.15, 0.2) is 29.2 Å². The first-order valence-corrected chi connectivity index (χ1v) is 5.86. The Morgan fingerprint density at radius 2 is 1.76 bits per heavy atom. The number of carbonyl (C=O) groups excluding carboxylic acids is 1. The molecule has 0 bridgehead atoms. The van der Waals surface area contributed by atoms with Gasteiger partial charge >= 0.3 is 0 Å². The van der Waals surface area contributed by atoms with Gasteiger partial charge in [-0.3, -0.25) is 9.35 Å². The average molecular weight is 333 g/mol. The first kappa shape index (κ1) is 18.7. The summed E-state index contributed by atoms with van der Waals surface area (Å²) in [6.07, 6.45) is 0. The summed E-state index contributed by atoms with van der Waals surface area (Å²) < 4.78 is 29.4. The SMILES string of the molecule is NC(=O)CCl.O=S(=O)(O)c1ccccc1O.[Zn]. The van der Waals surface area contributed by atoms with Gasteiger partial charge in [-0.15, -0.1) is 11.6 Å². The molecule has 0 heterocycles. The molecular weight excluding hydrogens is 323 g/mol. The Labute approximate surface area is 116 Å². The van der Waals surface area contributed by atoms with E-state index < -0.39 is 26.7 Å². The molecule has 0 saturated carbocycles. The maximum atomic E-state index is 10.4. The van der Waals surface area contributed by atoms with Crippen LogP contribution >= 0.6 is 11.6 Å². The van der Waals surface area contributed by atoms with Gasteiger partial charge in [-0.2, -0.15) is 8.42 Å². The first-order chi connectivity index (χ1) is 7.29. The van der Waals surface area contributed by atoms with Crippen molar-refractivity contribution >= 4 is 27.6 Å². The van der Waals surface area contributed by atoms with Crippen molar-refractivity contribution in [1.29, 1.82) is 0 Å². The molecule has 6 nitrogen and oxygen atoms in total. The van der Waals surface area contributed by atoms with Crippen LogP contribution in [0.3, 0.4) is 0 Å². The summed E-state index contributed by atoms with van der Waals surface area (Å²) in [6.45, 7) is 0. The Morgan fingerprint density at radius 1 is 1.35 bits per heavy atom. The molecule has 0 atom stereocenters. The number of hydrogen-bond acceptors (Lipinski definition) is 4. The molecule has 0 fully saturated rings. The van der Waals surface area contributed by atoms with Crippen molar-refractivity contribution in [2.45, 2.75) is 4.90 Å². The number of nitrogens with two attached hydrogens (primary N) is 1. The van der Waals surface area contributed by atoms with Gasteiger partial charge in [-0.25, -0.2) is 0 Å². The van der Waals surface area contributed by atoms with Gasteiger partial charge in [-0.05, 0) is 12.1 Å². The number of carbonyl (C=O) groups is 1. The van der Waals surface area contributed by atoms with E-state index in [-0.39, 0.29) is 25.4 Å². The average Bonchev–Trinajstić information content (AvgIpc) is 2.17. The molecule has 9 heteroatoms. The predicted molar refractivity (Wildman–Crippen MR) is 57.8 cm³/mol. The van der Waals surface area contributed by atoms with Gasteiger partial charge in [0.05, 0.1) is 0 Å². The van der Waals surface area contributed by atoms with Gasteiger partial charge in [0.15, 0.2) is 0 Å². The number of rotatable bonds is 2. The largest absolute Gasteiger partial charge is 0.506 e. The third-order valence-corrected chi connectivity index (χ3v) is 2.44. The van der Waals surface area contributed by atoms with E-state index in [0.717, 1.165) is 6.07 Å². The van der Waals surface area contributed by atoms with E-state index in [1.165, 1.54) is 18.2 Å². The molecule has 17 heavy (non-hydrogen) atoms. The third kappa shape index (κ3) is 8.09. The standard InChI is InChI=1S/C6H6O4S.C2H4ClNO.Zn/c7-5-3-1-2-4-6(5)11(8,9)10;3-1-2(4)5;/h1-4,7H,(H,8,9,10);1H2,(H2,4,5);. The number of aromatic hydroxyl groups is 1. The number of halogens is 1. The zero-order chi connectivity index (χ0) is 12.8. The molecule has 0 spiro atoms. The summed E-state index contributed by atoms with van der Waals surface area (Å²) in [7, 11) is -4.28. The summed E-state index contributed by atoms with van der Waals surface area (Å²) in [6, 6.07) is 5.17. The summed E-state index contributed by atoms with van der Waals surface area (Å²) in [4.78, 5) is 8.99. The molecule has 0 radical (unpaired) electrons. The molecule has 0 aliphatic rings. The molecule has 0 aliphatic heterocycles. The normalized spacial score (nSPS) is 9.53. The van der Waals surface area contributed by atoms with Crippen molar-refractivity contribution in [3.8, 4) is 5.75 Å². The monoisotopic (exact) mass is 331 g/mol. The number of amides is 1. The van der Waals surface area contributed by atoms with E-state index in [0.29, 0.717) is 0 Å². The van der Waals surface area contributed by atoms with Gasteiger partial charge in [0, 0.05) is 19.5 Å². The predicted octanol–water partition coefficient (Wildman–Crippen LogP) is 0.347. The summed E-state index contributed by atoms with van der Waals surface area (Å²) in [5.74, 6) is -1.01. The van der Waals surface area contributed by atoms with Crippen LogP contribution in [0.1, 0.15) is 0 Å². The van der Waals surface area contributed by atoms with Crippen molar-refractivity contribution < 1.29 is 42.3 Å². The maximum Gasteiger partial charge on any atom is 0.298 e. The van der Waals surface area contributed by atoms with E-state index in [2.05, 4.69) is 5.73 Å². The number of hydrogen-bond donors (Lipinski definition) is 3. The van der Waals surface area contributed by atoms with E-state index in [1.807, 2.05) is 0 Å². The van der Waals surface area contributed by atoms with Crippen LogP contribution in [-0.2, 0) is 34.4 Å². The fourth-order valence-electron chi connectivity index (χ4n) is 0.675. The van der Waals surface area contributed by atoms with E-state index in [9.17, 15) is 13.2 Å². The van der Waals surface area contributed by atoms with E-state index in [1.54, 1.807) is 0 Å². The molecule has 1 amide bonds. The minimum Gasteiger partial charge on any atom is -0.506 e. The molecule has 1 rings (SSSR count). The van der Waals surface area contributed by atoms with Gasteiger partial charge in [0.25, 0.3) is 10.1 Å². The second-order valence-corrected chi connectivity index (χ2v) is 4.20. The number of para-hydroxylation sites is 1. The molecule has 0 aromatic heterocycles. The zero-order valence-electron chi connectivity index (χ0n) is 8.71. The van der Waals surface area contributed by atoms with Crippen molar-refractivity contribution in [3.63, 3.8) is 0 Å². The third-order valence-electron chi connectivity index (χ3n) is 1.27. The van der Waals surface area contributed by atoms with Crippen LogP contribution in [0.25, 0.3) is 0 Å². The smallest absolute Gasteiger partial charge is 0.298 e. The Hall–Kier alpha value is -0.687. The summed E-state index contributed by atoms with van der Waals surface area (Å²) in [5, 5.41) is 8.91. The van der Waals surface area contributed by atoms with E-state index in [4.69, 9.17) is 21.3 Å². The summed E-state index contributed by atoms with van der Waals surface area (Å²) >= 11 is 4.86. The molecular formula is C8H10ClNO5SZn. The topological polar surface area (TPSA) is 118 Å². The molecule has 0 aliphatic carbocycles. The van der Waals surface area contributed by atoms with Crippen molar-refractivity contribution in [2.24, 2.45) is 5.73 Å². The van der Waals surface area contributed by atoms with Crippen LogP contribution in [0, 0.1) is 0 Å². The molecule has 1 aromatic rings. The Morgan fingerprint density at radius 3 is 2.00 bits per heavy atom. The number of primary amides is 1. The minimum atomic E-state index is -4.28. The Kier molecular flexibility index (Phi) is 9.24. The van der Waals surface area contributed by atoms with Crippen LogP contribution < -0.4 is 5.73 Å². The Balaban J connectivity index is 0. The van der Waals surface area contributed by atoms with Crippen LogP contribution in [0.4, 0.5) is 0 Å². The van der Waals surface area contributed by atoms with Gasteiger partial charge in [0.1, 0.15) is 16.5 Å². The fourth-order valence-corrected chi connectivity index (χ4v) is 1.26. The fraction of sp³-hybridized carbons (Fsp3) is 0.125. The maximum absolute atomic E-state index is 10.4. The molecule has 0 unspecified atom stereocenters. The van der Waals surface area contributed by atoms with E-state index >= 15 is 0 Å². The first-order valence-electron chi connectivity index (χ1n) is 3.88. The number of phenolic OH excluding ortho intramolecular Hbond substituents is 1. The van der Waals surface area contributed by atoms with Crippen molar-refractivity contribution in [1.82, 2.24) is 0 Å². The van der Waals surface area contributed by atoms with Crippen molar-refractivity contribution in [3.05, 3.63) is 24.3 Å². The quantitative estimate of drug-likeness (QED) is 0.410. The van der Waals surface area contributed by atoms with Gasteiger partial charge < -0.3 is 10.8 Å². The molecule has 92 valence electrons. The molecule has 0 saturated heterocycles. The number of phenols is 1. The second kappa shape index (κ2) is 8.41. The Bertz CT molecular complexity index is 465. The molecule has 4 N–H and O–H groups in total. The van der Waals surface area contributed by atoms with Crippen molar-refractivity contribution in [2.75, 3.05) is 5.88 Å². The zero-order valence-corrected chi connectivity index (χ0v) is 13.2. The number of benzene rings is 1. The summed E-state index contributed by atoms with van der Waals surface area (Å²) in [5.41, 5.74) is 4.52. The van der Waals surface area contributed by atoms with Crippen LogP contribution in [0.2, 0.25) is 0 Å². The second-order valence-electron chi connectivity index (χ2n) is 2.54. The van der Waals surface area contributed by atoms with Gasteiger partial charge in [-0.1, -0.05) is 12.1 Å². The number of alkyl halides is 1. The van der Waals surface area contributed by atoms with Crippen LogP contribution in [-0.4, -0.2) is 29.9 Å². The van der Waals surface area contributed by atoms with Gasteiger partial charge in [0.2, 0.25) is 5.91 Å². The molecule has 1 aromatic carbocycles. The minimum absolute atomic E-state index is 0.